The average Bonchev–Trinajstić information content (AvgIpc) is 2.86. The molecular formula is C13H22N4O2. The molecule has 0 N–H and O–H groups in total. The van der Waals surface area contributed by atoms with E-state index in [0.29, 0.717) is 6.54 Å². The van der Waals surface area contributed by atoms with Crippen molar-refractivity contribution in [3.63, 3.8) is 0 Å². The van der Waals surface area contributed by atoms with Crippen molar-refractivity contribution in [3.8, 4) is 0 Å². The number of aryl methyl sites for hydroxylation is 1. The van der Waals surface area contributed by atoms with Gasteiger partial charge in [-0.25, -0.2) is 0 Å². The van der Waals surface area contributed by atoms with E-state index in [9.17, 15) is 4.79 Å². The van der Waals surface area contributed by atoms with Gasteiger partial charge in [0.25, 0.3) is 0 Å². The molecule has 1 aliphatic rings. The van der Waals surface area contributed by atoms with Crippen LogP contribution in [0, 0.1) is 0 Å². The topological polar surface area (TPSA) is 60.2 Å². The van der Waals surface area contributed by atoms with E-state index in [4.69, 9.17) is 4.74 Å². The first-order valence-electron chi connectivity index (χ1n) is 6.67. The number of esters is 1. The summed E-state index contributed by atoms with van der Waals surface area (Å²) in [6.45, 7) is 7.24. The minimum atomic E-state index is -0.433. The molecule has 1 fully saturated rings. The lowest BCUT2D eigenvalue weighted by molar-refractivity contribution is -0.160. The van der Waals surface area contributed by atoms with Crippen LogP contribution in [0.1, 0.15) is 39.3 Å². The van der Waals surface area contributed by atoms with Crippen LogP contribution in [0.15, 0.2) is 6.20 Å². The van der Waals surface area contributed by atoms with Crippen LogP contribution in [0.4, 0.5) is 0 Å². The number of hydrogen-bond donors (Lipinski definition) is 0. The Morgan fingerprint density at radius 3 is 2.84 bits per heavy atom. The Morgan fingerprint density at radius 2 is 2.26 bits per heavy atom. The van der Waals surface area contributed by atoms with Crippen LogP contribution in [0.25, 0.3) is 0 Å². The van der Waals surface area contributed by atoms with E-state index >= 15 is 0 Å². The monoisotopic (exact) mass is 266 g/mol. The molecule has 1 atom stereocenters. The Balaban J connectivity index is 1.98. The van der Waals surface area contributed by atoms with Gasteiger partial charge in [0.2, 0.25) is 0 Å². The Hall–Kier alpha value is -1.43. The molecule has 6 heteroatoms. The smallest absolute Gasteiger partial charge is 0.323 e. The fraction of sp³-hybridized carbons (Fsp3) is 0.769. The fourth-order valence-electron chi connectivity index (χ4n) is 2.33. The summed E-state index contributed by atoms with van der Waals surface area (Å²) in [7, 11) is 1.84. The quantitative estimate of drug-likeness (QED) is 0.767. The maximum absolute atomic E-state index is 12.2. The number of hydrogen-bond acceptors (Lipinski definition) is 5. The highest BCUT2D eigenvalue weighted by molar-refractivity contribution is 5.76. The van der Waals surface area contributed by atoms with Crippen LogP contribution in [0.5, 0.6) is 0 Å². The summed E-state index contributed by atoms with van der Waals surface area (Å²) >= 11 is 0. The van der Waals surface area contributed by atoms with E-state index in [-0.39, 0.29) is 12.0 Å². The Labute approximate surface area is 113 Å². The lowest BCUT2D eigenvalue weighted by atomic mass is 10.1. The van der Waals surface area contributed by atoms with Gasteiger partial charge in [0.15, 0.2) is 0 Å². The first kappa shape index (κ1) is 14.0. The number of aromatic nitrogens is 3. The van der Waals surface area contributed by atoms with E-state index in [1.165, 1.54) is 0 Å². The Kier molecular flexibility index (Phi) is 3.89. The second-order valence-electron chi connectivity index (χ2n) is 6.05. The third kappa shape index (κ3) is 3.76. The van der Waals surface area contributed by atoms with Gasteiger partial charge in [-0.1, -0.05) is 5.21 Å². The second kappa shape index (κ2) is 5.28. The van der Waals surface area contributed by atoms with Crippen LogP contribution in [0.2, 0.25) is 0 Å². The minimum Gasteiger partial charge on any atom is -0.459 e. The van der Waals surface area contributed by atoms with E-state index in [2.05, 4.69) is 15.2 Å². The van der Waals surface area contributed by atoms with Crippen LogP contribution in [0.3, 0.4) is 0 Å². The summed E-state index contributed by atoms with van der Waals surface area (Å²) in [5, 5.41) is 7.98. The molecule has 2 rings (SSSR count). The Morgan fingerprint density at radius 1 is 1.53 bits per heavy atom. The molecule has 0 saturated carbocycles. The molecule has 1 saturated heterocycles. The number of carbonyl (C=O) groups is 1. The SMILES string of the molecule is Cn1cc(CN2CCC[C@@H]2C(=O)OC(C)(C)C)nn1. The number of carbonyl (C=O) groups excluding carboxylic acids is 1. The number of ether oxygens (including phenoxy) is 1. The summed E-state index contributed by atoms with van der Waals surface area (Å²) in [5.41, 5.74) is 0.454. The average molecular weight is 266 g/mol. The largest absolute Gasteiger partial charge is 0.459 e. The van der Waals surface area contributed by atoms with Gasteiger partial charge in [0.05, 0.1) is 5.69 Å². The molecule has 0 unspecified atom stereocenters. The van der Waals surface area contributed by atoms with Gasteiger partial charge in [-0.3, -0.25) is 14.4 Å². The summed E-state index contributed by atoms with van der Waals surface area (Å²) in [5.74, 6) is -0.131. The number of nitrogens with zero attached hydrogens (tertiary/aromatic N) is 4. The van der Waals surface area contributed by atoms with Crippen molar-refractivity contribution in [3.05, 3.63) is 11.9 Å². The molecule has 0 spiro atoms. The lowest BCUT2D eigenvalue weighted by Crippen LogP contribution is -2.40. The maximum atomic E-state index is 12.2. The Bertz CT molecular complexity index is 450. The predicted molar refractivity (Wildman–Crippen MR) is 70.3 cm³/mol. The molecule has 0 aliphatic carbocycles. The molecule has 1 aromatic rings. The highest BCUT2D eigenvalue weighted by Crippen LogP contribution is 2.22. The van der Waals surface area contributed by atoms with Gasteiger partial charge in [-0.15, -0.1) is 5.10 Å². The summed E-state index contributed by atoms with van der Waals surface area (Å²) in [6, 6.07) is -0.152. The van der Waals surface area contributed by atoms with E-state index in [1.54, 1.807) is 4.68 Å². The highest BCUT2D eigenvalue weighted by atomic mass is 16.6. The van der Waals surface area contributed by atoms with E-state index in [0.717, 1.165) is 25.1 Å². The first-order chi connectivity index (χ1) is 8.85. The van der Waals surface area contributed by atoms with Crippen molar-refractivity contribution in [2.75, 3.05) is 6.54 Å². The van der Waals surface area contributed by atoms with Crippen molar-refractivity contribution in [2.45, 2.75) is 51.8 Å². The van der Waals surface area contributed by atoms with E-state index in [1.807, 2.05) is 34.0 Å². The van der Waals surface area contributed by atoms with Crippen molar-refractivity contribution < 1.29 is 9.53 Å². The second-order valence-corrected chi connectivity index (χ2v) is 6.05. The van der Waals surface area contributed by atoms with Crippen molar-refractivity contribution in [1.82, 2.24) is 19.9 Å². The highest BCUT2D eigenvalue weighted by Gasteiger charge is 2.34. The van der Waals surface area contributed by atoms with Crippen molar-refractivity contribution in [1.29, 1.82) is 0 Å². The summed E-state index contributed by atoms with van der Waals surface area (Å²) in [4.78, 5) is 14.3. The summed E-state index contributed by atoms with van der Waals surface area (Å²) in [6.07, 6.45) is 3.75. The summed E-state index contributed by atoms with van der Waals surface area (Å²) < 4.78 is 7.15. The zero-order chi connectivity index (χ0) is 14.0. The van der Waals surface area contributed by atoms with Crippen LogP contribution in [-0.2, 0) is 23.1 Å². The number of likely N-dealkylation sites (tertiary alicyclic amines) is 1. The fourth-order valence-corrected chi connectivity index (χ4v) is 2.33. The normalized spacial score (nSPS) is 20.7. The molecule has 0 amide bonds. The van der Waals surface area contributed by atoms with Crippen LogP contribution in [-0.4, -0.2) is 44.1 Å². The molecule has 1 aromatic heterocycles. The van der Waals surface area contributed by atoms with Gasteiger partial charge >= 0.3 is 5.97 Å². The predicted octanol–water partition coefficient (Wildman–Crippen LogP) is 1.12. The zero-order valence-electron chi connectivity index (χ0n) is 12.1. The molecule has 0 radical (unpaired) electrons. The van der Waals surface area contributed by atoms with Gasteiger partial charge < -0.3 is 4.74 Å². The van der Waals surface area contributed by atoms with Gasteiger partial charge in [-0.05, 0) is 40.2 Å². The van der Waals surface area contributed by atoms with E-state index < -0.39 is 5.60 Å². The lowest BCUT2D eigenvalue weighted by Gasteiger charge is -2.26. The maximum Gasteiger partial charge on any atom is 0.323 e. The molecule has 2 heterocycles. The van der Waals surface area contributed by atoms with Gasteiger partial charge in [0, 0.05) is 19.8 Å². The zero-order valence-corrected chi connectivity index (χ0v) is 12.1. The van der Waals surface area contributed by atoms with Gasteiger partial charge in [0.1, 0.15) is 11.6 Å². The van der Waals surface area contributed by atoms with Crippen molar-refractivity contribution in [2.24, 2.45) is 7.05 Å². The molecular weight excluding hydrogens is 244 g/mol. The first-order valence-corrected chi connectivity index (χ1v) is 6.67. The molecule has 1 aliphatic heterocycles. The molecule has 6 nitrogen and oxygen atoms in total. The van der Waals surface area contributed by atoms with Gasteiger partial charge in [-0.2, -0.15) is 0 Å². The van der Waals surface area contributed by atoms with Crippen LogP contribution >= 0.6 is 0 Å². The third-order valence-electron chi connectivity index (χ3n) is 3.06. The minimum absolute atomic E-state index is 0.131. The molecule has 0 bridgehead atoms. The van der Waals surface area contributed by atoms with Crippen molar-refractivity contribution >= 4 is 5.97 Å². The molecule has 106 valence electrons. The third-order valence-corrected chi connectivity index (χ3v) is 3.06. The standard InChI is InChI=1S/C13H22N4O2/c1-13(2,3)19-12(18)11-6-5-7-17(11)9-10-8-16(4)15-14-10/h8,11H,5-7,9H2,1-4H3/t11-/m1/s1. The molecule has 19 heavy (non-hydrogen) atoms. The molecule has 0 aromatic carbocycles. The van der Waals surface area contributed by atoms with Crippen LogP contribution < -0.4 is 0 Å². The number of rotatable bonds is 3.